The van der Waals surface area contributed by atoms with E-state index in [0.29, 0.717) is 19.9 Å². The maximum absolute atomic E-state index is 4.77. The van der Waals surface area contributed by atoms with Gasteiger partial charge in [0.15, 0.2) is 0 Å². The van der Waals surface area contributed by atoms with Crippen LogP contribution >= 0.6 is 0 Å². The molecule has 2 nitrogen and oxygen atoms in total. The Labute approximate surface area is 119 Å². The van der Waals surface area contributed by atoms with Crippen LogP contribution in [0, 0.1) is 0 Å². The molecular formula is C16H14N2Se. The zero-order valence-electron chi connectivity index (χ0n) is 10.7. The van der Waals surface area contributed by atoms with Gasteiger partial charge in [-0.05, 0) is 0 Å². The second-order valence-corrected chi connectivity index (χ2v) is 7.06. The molecule has 0 fully saturated rings. The van der Waals surface area contributed by atoms with E-state index in [2.05, 4.69) is 48.3 Å². The maximum atomic E-state index is 4.77. The molecule has 1 aliphatic rings. The summed E-state index contributed by atoms with van der Waals surface area (Å²) in [5.74, 6) is 0.861. The molecule has 0 spiro atoms. The van der Waals surface area contributed by atoms with Crippen LogP contribution in [0.15, 0.2) is 70.6 Å². The van der Waals surface area contributed by atoms with Crippen molar-refractivity contribution in [2.75, 3.05) is 0 Å². The molecule has 19 heavy (non-hydrogen) atoms. The molecule has 1 unspecified atom stereocenters. The average molecular weight is 313 g/mol. The molecule has 1 heterocycles. The standard InChI is InChI=1S/C16H14N2Se/c1-12-17-15(13-8-4-2-5-9-13)18-16(19-12)14-10-6-3-7-11-14/h2-12H,1H3. The van der Waals surface area contributed by atoms with Gasteiger partial charge in [-0.25, -0.2) is 0 Å². The minimum atomic E-state index is 0.305. The van der Waals surface area contributed by atoms with Gasteiger partial charge in [0.25, 0.3) is 0 Å². The zero-order chi connectivity index (χ0) is 13.1. The normalized spacial score (nSPS) is 18.7. The molecular weight excluding hydrogens is 299 g/mol. The van der Waals surface area contributed by atoms with E-state index in [4.69, 9.17) is 4.99 Å². The summed E-state index contributed by atoms with van der Waals surface area (Å²) in [7, 11) is 0. The van der Waals surface area contributed by atoms with Crippen LogP contribution < -0.4 is 0 Å². The van der Waals surface area contributed by atoms with E-state index in [1.165, 1.54) is 10.2 Å². The van der Waals surface area contributed by atoms with E-state index in [9.17, 15) is 0 Å². The molecule has 0 radical (unpaired) electrons. The fourth-order valence-electron chi connectivity index (χ4n) is 1.95. The third-order valence-corrected chi connectivity index (χ3v) is 4.94. The molecule has 1 aliphatic heterocycles. The van der Waals surface area contributed by atoms with Gasteiger partial charge in [0.1, 0.15) is 0 Å². The molecule has 1 atom stereocenters. The zero-order valence-corrected chi connectivity index (χ0v) is 12.4. The quantitative estimate of drug-likeness (QED) is 0.762. The van der Waals surface area contributed by atoms with Gasteiger partial charge in [0.2, 0.25) is 0 Å². The van der Waals surface area contributed by atoms with Crippen molar-refractivity contribution in [3.05, 3.63) is 71.8 Å². The Morgan fingerprint density at radius 2 is 1.42 bits per heavy atom. The Morgan fingerprint density at radius 3 is 2.05 bits per heavy atom. The molecule has 0 aliphatic carbocycles. The van der Waals surface area contributed by atoms with E-state index in [-0.39, 0.29) is 0 Å². The van der Waals surface area contributed by atoms with Crippen molar-refractivity contribution >= 4 is 25.4 Å². The first kappa shape index (κ1) is 12.3. The van der Waals surface area contributed by atoms with Crippen molar-refractivity contribution in [2.24, 2.45) is 9.98 Å². The Kier molecular flexibility index (Phi) is 3.58. The molecule has 0 saturated carbocycles. The van der Waals surface area contributed by atoms with Crippen molar-refractivity contribution in [2.45, 2.75) is 11.9 Å². The summed E-state index contributed by atoms with van der Waals surface area (Å²) in [5.41, 5.74) is 2.32. The fraction of sp³-hybridized carbons (Fsp3) is 0.125. The molecule has 3 rings (SSSR count). The first-order valence-corrected chi connectivity index (χ1v) is 8.11. The molecule has 0 aromatic heterocycles. The van der Waals surface area contributed by atoms with Gasteiger partial charge in [-0.15, -0.1) is 0 Å². The summed E-state index contributed by atoms with van der Waals surface area (Å²) in [5, 5.41) is 0. The topological polar surface area (TPSA) is 24.7 Å². The summed E-state index contributed by atoms with van der Waals surface area (Å²) in [6.07, 6.45) is 0. The Balaban J connectivity index is 2.00. The second-order valence-electron chi connectivity index (χ2n) is 4.32. The summed E-state index contributed by atoms with van der Waals surface area (Å²) in [4.78, 5) is 9.80. The van der Waals surface area contributed by atoms with E-state index < -0.39 is 0 Å². The molecule has 3 heteroatoms. The third kappa shape index (κ3) is 2.83. The Hall–Kier alpha value is -1.70. The van der Waals surface area contributed by atoms with Gasteiger partial charge in [0.05, 0.1) is 0 Å². The predicted molar refractivity (Wildman–Crippen MR) is 81.2 cm³/mol. The first-order chi connectivity index (χ1) is 9.33. The summed E-state index contributed by atoms with van der Waals surface area (Å²) in [6, 6.07) is 20.6. The van der Waals surface area contributed by atoms with Gasteiger partial charge >= 0.3 is 119 Å². The minimum absolute atomic E-state index is 0.305. The van der Waals surface area contributed by atoms with Crippen LogP contribution in [0.25, 0.3) is 0 Å². The van der Waals surface area contributed by atoms with Crippen molar-refractivity contribution < 1.29 is 0 Å². The molecule has 0 saturated heterocycles. The van der Waals surface area contributed by atoms with Crippen LogP contribution in [0.5, 0.6) is 0 Å². The molecule has 0 bridgehead atoms. The number of hydrogen-bond acceptors (Lipinski definition) is 2. The van der Waals surface area contributed by atoms with Crippen molar-refractivity contribution in [3.8, 4) is 0 Å². The van der Waals surface area contributed by atoms with Crippen LogP contribution in [0.3, 0.4) is 0 Å². The van der Waals surface area contributed by atoms with Crippen molar-refractivity contribution in [1.29, 1.82) is 0 Å². The van der Waals surface area contributed by atoms with Crippen molar-refractivity contribution in [3.63, 3.8) is 0 Å². The van der Waals surface area contributed by atoms with Crippen LogP contribution in [0.4, 0.5) is 0 Å². The van der Waals surface area contributed by atoms with Crippen LogP contribution in [-0.2, 0) is 0 Å². The van der Waals surface area contributed by atoms with Crippen LogP contribution in [0.2, 0.25) is 0 Å². The monoisotopic (exact) mass is 314 g/mol. The Morgan fingerprint density at radius 1 is 0.842 bits per heavy atom. The van der Waals surface area contributed by atoms with Gasteiger partial charge in [0, 0.05) is 0 Å². The van der Waals surface area contributed by atoms with Crippen LogP contribution in [-0.4, -0.2) is 30.3 Å². The molecule has 0 amide bonds. The number of benzene rings is 2. The van der Waals surface area contributed by atoms with E-state index in [1.54, 1.807) is 0 Å². The third-order valence-electron chi connectivity index (χ3n) is 2.85. The molecule has 2 aromatic rings. The number of rotatable bonds is 2. The number of amidine groups is 1. The average Bonchev–Trinajstić information content (AvgIpc) is 2.48. The van der Waals surface area contributed by atoms with Crippen LogP contribution in [0.1, 0.15) is 18.1 Å². The fourth-order valence-corrected chi connectivity index (χ4v) is 3.81. The summed E-state index contributed by atoms with van der Waals surface area (Å²) < 4.78 is 1.19. The number of hydrogen-bond donors (Lipinski definition) is 0. The summed E-state index contributed by atoms with van der Waals surface area (Å²) in [6.45, 7) is 2.17. The number of aliphatic imine (C=N–C) groups is 2. The molecule has 0 N–H and O–H groups in total. The van der Waals surface area contributed by atoms with Gasteiger partial charge in [-0.3, -0.25) is 0 Å². The molecule has 2 aromatic carbocycles. The first-order valence-electron chi connectivity index (χ1n) is 6.27. The van der Waals surface area contributed by atoms with Gasteiger partial charge < -0.3 is 0 Å². The number of nitrogens with zero attached hydrogens (tertiary/aromatic N) is 2. The predicted octanol–water partition coefficient (Wildman–Crippen LogP) is 2.94. The van der Waals surface area contributed by atoms with Crippen molar-refractivity contribution in [1.82, 2.24) is 0 Å². The van der Waals surface area contributed by atoms with Gasteiger partial charge in [-0.2, -0.15) is 0 Å². The molecule has 94 valence electrons. The SMILES string of the molecule is CC1N=C(c2ccccc2)N=C(c2ccccc2)[Se]1. The van der Waals surface area contributed by atoms with E-state index in [1.807, 2.05) is 24.3 Å². The second kappa shape index (κ2) is 5.52. The van der Waals surface area contributed by atoms with E-state index >= 15 is 0 Å². The van der Waals surface area contributed by atoms with Gasteiger partial charge in [-0.1, -0.05) is 0 Å². The van der Waals surface area contributed by atoms with E-state index in [0.717, 1.165) is 11.4 Å². The Bertz CT molecular complexity index is 618. The summed E-state index contributed by atoms with van der Waals surface area (Å²) >= 11 is 0.305.